The van der Waals surface area contributed by atoms with Crippen LogP contribution in [0.3, 0.4) is 0 Å². The van der Waals surface area contributed by atoms with Crippen molar-refractivity contribution in [2.24, 2.45) is 9.98 Å². The number of fused-ring (bicyclic) bond motifs is 3. The molecule has 0 aliphatic carbocycles. The molecule has 32 heavy (non-hydrogen) atoms. The van der Waals surface area contributed by atoms with Crippen LogP contribution < -0.4 is 5.32 Å². The van der Waals surface area contributed by atoms with Crippen LogP contribution in [0.5, 0.6) is 0 Å². The predicted molar refractivity (Wildman–Crippen MR) is 120 cm³/mol. The number of furan rings is 1. The zero-order valence-corrected chi connectivity index (χ0v) is 18.3. The molecule has 2 aliphatic rings. The smallest absolute Gasteiger partial charge is 0.316 e. The number of aliphatic imine (C=N–C) groups is 2. The lowest BCUT2D eigenvalue weighted by molar-refractivity contribution is -0.139. The van der Waals surface area contributed by atoms with Gasteiger partial charge in [0.2, 0.25) is 5.91 Å². The van der Waals surface area contributed by atoms with Crippen LogP contribution in [0.4, 0.5) is 5.69 Å². The van der Waals surface area contributed by atoms with E-state index in [1.54, 1.807) is 25.3 Å². The van der Waals surface area contributed by atoms with Gasteiger partial charge in [0, 0.05) is 12.0 Å². The first-order valence-corrected chi connectivity index (χ1v) is 11.2. The highest BCUT2D eigenvalue weighted by molar-refractivity contribution is 8.14. The van der Waals surface area contributed by atoms with Gasteiger partial charge in [-0.2, -0.15) is 0 Å². The average Bonchev–Trinajstić information content (AvgIpc) is 3.43. The summed E-state index contributed by atoms with van der Waals surface area (Å²) in [6.45, 7) is 2.31. The number of rotatable bonds is 8. The standard InChI is InChI=1S/C22H22N4O5S/c1-2-30-19(28)13-32-22-25-16-8-4-3-7-15(16)20-24-17(21(29)26(20)22)9-10-18(27)23-12-14-6-5-11-31-14/h3-8,11,17H,2,9-10,12-13H2,1H3,(H,23,27). The van der Waals surface area contributed by atoms with Crippen molar-refractivity contribution in [3.05, 3.63) is 54.0 Å². The van der Waals surface area contributed by atoms with Gasteiger partial charge in [0.15, 0.2) is 5.17 Å². The Morgan fingerprint density at radius 2 is 2.09 bits per heavy atom. The van der Waals surface area contributed by atoms with Gasteiger partial charge in [0.1, 0.15) is 17.6 Å². The van der Waals surface area contributed by atoms with Crippen LogP contribution in [-0.4, -0.2) is 52.1 Å². The van der Waals surface area contributed by atoms with Gasteiger partial charge in [0.05, 0.1) is 30.9 Å². The Morgan fingerprint density at radius 3 is 2.88 bits per heavy atom. The maximum atomic E-state index is 13.1. The highest BCUT2D eigenvalue weighted by atomic mass is 32.2. The number of carbonyl (C=O) groups is 3. The Bertz CT molecular complexity index is 1080. The Morgan fingerprint density at radius 1 is 1.25 bits per heavy atom. The lowest BCUT2D eigenvalue weighted by Gasteiger charge is -2.25. The van der Waals surface area contributed by atoms with Crippen molar-refractivity contribution in [2.45, 2.75) is 32.4 Å². The van der Waals surface area contributed by atoms with Gasteiger partial charge in [-0.15, -0.1) is 0 Å². The number of hydrogen-bond acceptors (Lipinski definition) is 8. The first kappa shape index (κ1) is 21.8. The topological polar surface area (TPSA) is 114 Å². The average molecular weight is 455 g/mol. The zero-order chi connectivity index (χ0) is 22.5. The van der Waals surface area contributed by atoms with E-state index in [1.165, 1.54) is 4.90 Å². The summed E-state index contributed by atoms with van der Waals surface area (Å²) in [6, 6.07) is 10.2. The molecule has 9 nitrogen and oxygen atoms in total. The molecule has 2 amide bonds. The predicted octanol–water partition coefficient (Wildman–Crippen LogP) is 2.63. The van der Waals surface area contributed by atoms with Crippen LogP contribution in [0.15, 0.2) is 57.1 Å². The van der Waals surface area contributed by atoms with Gasteiger partial charge in [0.25, 0.3) is 5.91 Å². The van der Waals surface area contributed by atoms with E-state index in [0.717, 1.165) is 17.3 Å². The summed E-state index contributed by atoms with van der Waals surface area (Å²) in [4.78, 5) is 47.8. The molecule has 1 atom stereocenters. The quantitative estimate of drug-likeness (QED) is 0.614. The minimum absolute atomic E-state index is 0.0335. The monoisotopic (exact) mass is 454 g/mol. The molecule has 1 N–H and O–H groups in total. The Balaban J connectivity index is 1.45. The van der Waals surface area contributed by atoms with Crippen molar-refractivity contribution >= 4 is 46.2 Å². The number of amides is 2. The van der Waals surface area contributed by atoms with Gasteiger partial charge in [-0.1, -0.05) is 23.9 Å². The van der Waals surface area contributed by atoms with Crippen molar-refractivity contribution < 1.29 is 23.5 Å². The fourth-order valence-corrected chi connectivity index (χ4v) is 4.17. The van der Waals surface area contributed by atoms with E-state index in [4.69, 9.17) is 9.15 Å². The second-order valence-electron chi connectivity index (χ2n) is 7.04. The van der Waals surface area contributed by atoms with E-state index in [0.29, 0.717) is 29.0 Å². The van der Waals surface area contributed by atoms with Crippen molar-refractivity contribution in [3.8, 4) is 0 Å². The number of ether oxygens (including phenoxy) is 1. The molecule has 166 valence electrons. The molecule has 1 unspecified atom stereocenters. The SMILES string of the molecule is CCOC(=O)CSC1=Nc2ccccc2C2=NC(CCC(=O)NCc3ccco3)C(=O)N12. The van der Waals surface area contributed by atoms with Crippen LogP contribution in [-0.2, 0) is 25.7 Å². The summed E-state index contributed by atoms with van der Waals surface area (Å²) >= 11 is 1.13. The number of hydrogen-bond donors (Lipinski definition) is 1. The lowest BCUT2D eigenvalue weighted by atomic mass is 10.1. The number of para-hydroxylation sites is 1. The number of nitrogens with one attached hydrogen (secondary N) is 1. The summed E-state index contributed by atoms with van der Waals surface area (Å²) in [5.41, 5.74) is 1.42. The Hall–Kier alpha value is -3.40. The lowest BCUT2D eigenvalue weighted by Crippen LogP contribution is -2.41. The molecule has 0 radical (unpaired) electrons. The maximum Gasteiger partial charge on any atom is 0.316 e. The van der Waals surface area contributed by atoms with Crippen molar-refractivity contribution in [3.63, 3.8) is 0 Å². The van der Waals surface area contributed by atoms with E-state index in [-0.39, 0.29) is 43.0 Å². The number of carbonyl (C=O) groups excluding carboxylic acids is 3. The molecular weight excluding hydrogens is 432 g/mol. The largest absolute Gasteiger partial charge is 0.467 e. The number of nitrogens with zero attached hydrogens (tertiary/aromatic N) is 3. The first-order chi connectivity index (χ1) is 15.6. The molecule has 0 saturated heterocycles. The molecule has 2 aromatic rings. The van der Waals surface area contributed by atoms with Gasteiger partial charge in [-0.3, -0.25) is 19.4 Å². The maximum absolute atomic E-state index is 13.1. The summed E-state index contributed by atoms with van der Waals surface area (Å²) < 4.78 is 10.2. The van der Waals surface area contributed by atoms with Crippen molar-refractivity contribution in [2.75, 3.05) is 12.4 Å². The molecule has 0 fully saturated rings. The van der Waals surface area contributed by atoms with Crippen LogP contribution in [0.25, 0.3) is 0 Å². The van der Waals surface area contributed by atoms with Gasteiger partial charge >= 0.3 is 5.97 Å². The zero-order valence-electron chi connectivity index (χ0n) is 17.4. The highest BCUT2D eigenvalue weighted by Crippen LogP contribution is 2.34. The number of thioether (sulfide) groups is 1. The third kappa shape index (κ3) is 4.75. The molecule has 10 heteroatoms. The summed E-state index contributed by atoms with van der Waals surface area (Å²) in [5, 5.41) is 3.15. The Kier molecular flexibility index (Phi) is 6.69. The van der Waals surface area contributed by atoms with E-state index >= 15 is 0 Å². The minimum atomic E-state index is -0.695. The van der Waals surface area contributed by atoms with Crippen LogP contribution in [0.2, 0.25) is 0 Å². The summed E-state index contributed by atoms with van der Waals surface area (Å²) in [6.07, 6.45) is 1.95. The molecule has 1 aromatic carbocycles. The molecule has 0 spiro atoms. The Labute approximate surface area is 188 Å². The fraction of sp³-hybridized carbons (Fsp3) is 0.318. The van der Waals surface area contributed by atoms with E-state index in [9.17, 15) is 14.4 Å². The molecular formula is C22H22N4O5S. The molecule has 2 aliphatic heterocycles. The summed E-state index contributed by atoms with van der Waals surface area (Å²) in [5.74, 6) is 0.352. The highest BCUT2D eigenvalue weighted by Gasteiger charge is 2.41. The fourth-order valence-electron chi connectivity index (χ4n) is 3.37. The minimum Gasteiger partial charge on any atom is -0.467 e. The van der Waals surface area contributed by atoms with Crippen molar-refractivity contribution in [1.29, 1.82) is 0 Å². The number of esters is 1. The van der Waals surface area contributed by atoms with Crippen LogP contribution >= 0.6 is 11.8 Å². The normalized spacial score (nSPS) is 16.7. The molecule has 1 aromatic heterocycles. The second-order valence-corrected chi connectivity index (χ2v) is 7.98. The second kappa shape index (κ2) is 9.82. The van der Waals surface area contributed by atoms with E-state index in [2.05, 4.69) is 15.3 Å². The third-order valence-electron chi connectivity index (χ3n) is 4.86. The number of benzene rings is 1. The van der Waals surface area contributed by atoms with Crippen LogP contribution in [0.1, 0.15) is 31.1 Å². The van der Waals surface area contributed by atoms with Crippen LogP contribution in [0, 0.1) is 0 Å². The third-order valence-corrected chi connectivity index (χ3v) is 5.77. The van der Waals surface area contributed by atoms with E-state index in [1.807, 2.05) is 24.3 Å². The summed E-state index contributed by atoms with van der Waals surface area (Å²) in [7, 11) is 0. The molecule has 3 heterocycles. The number of amidine groups is 2. The van der Waals surface area contributed by atoms with Gasteiger partial charge < -0.3 is 14.5 Å². The molecule has 0 bridgehead atoms. The molecule has 0 saturated carbocycles. The van der Waals surface area contributed by atoms with Gasteiger partial charge in [-0.05, 0) is 37.6 Å². The van der Waals surface area contributed by atoms with E-state index < -0.39 is 6.04 Å². The molecule has 4 rings (SSSR count). The van der Waals surface area contributed by atoms with Gasteiger partial charge in [-0.25, -0.2) is 9.89 Å². The first-order valence-electron chi connectivity index (χ1n) is 10.2. The van der Waals surface area contributed by atoms with Crippen molar-refractivity contribution in [1.82, 2.24) is 10.2 Å².